The molecule has 1 aliphatic heterocycles. The van der Waals surface area contributed by atoms with Crippen molar-refractivity contribution in [1.29, 1.82) is 0 Å². The van der Waals surface area contributed by atoms with E-state index in [9.17, 15) is 4.79 Å². The lowest BCUT2D eigenvalue weighted by atomic mass is 10.1. The number of piperidine rings is 1. The van der Waals surface area contributed by atoms with Crippen molar-refractivity contribution in [3.63, 3.8) is 0 Å². The molecule has 26 heavy (non-hydrogen) atoms. The molecule has 0 saturated carbocycles. The van der Waals surface area contributed by atoms with Gasteiger partial charge in [-0.1, -0.05) is 19.4 Å². The minimum atomic E-state index is -0.142. The van der Waals surface area contributed by atoms with Gasteiger partial charge in [0.05, 0.1) is 0 Å². The number of nitrogens with one attached hydrogen (secondary N) is 2. The number of hydrogen-bond acceptors (Lipinski definition) is 4. The van der Waals surface area contributed by atoms with E-state index in [-0.39, 0.29) is 12.1 Å². The van der Waals surface area contributed by atoms with Gasteiger partial charge in [0.1, 0.15) is 6.61 Å². The zero-order chi connectivity index (χ0) is 18.6. The maximum Gasteiger partial charge on any atom is 0.315 e. The van der Waals surface area contributed by atoms with Crippen molar-refractivity contribution in [2.75, 3.05) is 26.2 Å². The molecule has 1 fully saturated rings. The van der Waals surface area contributed by atoms with Crippen LogP contribution in [0, 0.1) is 0 Å². The molecular weight excluding hydrogens is 328 g/mol. The highest BCUT2D eigenvalue weighted by Gasteiger charge is 2.10. The number of nitrogens with zero attached hydrogens (tertiary/aromatic N) is 2. The molecule has 6 heteroatoms. The van der Waals surface area contributed by atoms with Gasteiger partial charge in [0.2, 0.25) is 5.88 Å². The van der Waals surface area contributed by atoms with Crippen LogP contribution < -0.4 is 15.4 Å². The van der Waals surface area contributed by atoms with Gasteiger partial charge in [-0.05, 0) is 57.0 Å². The summed E-state index contributed by atoms with van der Waals surface area (Å²) in [6.45, 7) is 8.26. The van der Waals surface area contributed by atoms with E-state index < -0.39 is 0 Å². The maximum atomic E-state index is 11.6. The number of pyridine rings is 1. The zero-order valence-electron chi connectivity index (χ0n) is 16.0. The lowest BCUT2D eigenvalue weighted by Gasteiger charge is -2.26. The van der Waals surface area contributed by atoms with Crippen molar-refractivity contribution in [3.8, 4) is 5.88 Å². The number of ether oxygens (including phenoxy) is 1. The van der Waals surface area contributed by atoms with Gasteiger partial charge in [-0.25, -0.2) is 9.78 Å². The summed E-state index contributed by atoms with van der Waals surface area (Å²) in [5, 5.41) is 5.64. The quantitative estimate of drug-likeness (QED) is 0.664. The van der Waals surface area contributed by atoms with E-state index >= 15 is 0 Å². The van der Waals surface area contributed by atoms with Crippen molar-refractivity contribution >= 4 is 6.03 Å². The summed E-state index contributed by atoms with van der Waals surface area (Å²) >= 11 is 0. The molecule has 0 aromatic carbocycles. The van der Waals surface area contributed by atoms with Gasteiger partial charge >= 0.3 is 6.03 Å². The van der Waals surface area contributed by atoms with Gasteiger partial charge in [0, 0.05) is 31.4 Å². The minimum absolute atomic E-state index is 0.142. The minimum Gasteiger partial charge on any atom is -0.473 e. The third-order valence-electron chi connectivity index (χ3n) is 4.52. The number of rotatable bonds is 9. The molecule has 6 nitrogen and oxygen atoms in total. The molecule has 2 heterocycles. The second-order valence-electron chi connectivity index (χ2n) is 6.79. The first kappa shape index (κ1) is 20.2. The molecule has 0 radical (unpaired) electrons. The molecule has 144 valence electrons. The van der Waals surface area contributed by atoms with E-state index in [1.807, 2.05) is 32.1 Å². The Balaban J connectivity index is 1.65. The molecule has 2 amide bonds. The van der Waals surface area contributed by atoms with E-state index in [0.29, 0.717) is 19.0 Å². The first-order valence-electron chi connectivity index (χ1n) is 9.67. The van der Waals surface area contributed by atoms with E-state index in [1.54, 1.807) is 6.20 Å². The molecule has 1 saturated heterocycles. The number of likely N-dealkylation sites (tertiary alicyclic amines) is 1. The number of aromatic nitrogens is 1. The van der Waals surface area contributed by atoms with Crippen molar-refractivity contribution in [3.05, 3.63) is 36.0 Å². The Labute approximate surface area is 157 Å². The van der Waals surface area contributed by atoms with E-state index in [2.05, 4.69) is 26.6 Å². The topological polar surface area (TPSA) is 66.5 Å². The van der Waals surface area contributed by atoms with Gasteiger partial charge in [-0.2, -0.15) is 0 Å². The predicted molar refractivity (Wildman–Crippen MR) is 104 cm³/mol. The Morgan fingerprint density at radius 1 is 1.35 bits per heavy atom. The Morgan fingerprint density at radius 3 is 2.92 bits per heavy atom. The fourth-order valence-corrected chi connectivity index (χ4v) is 2.82. The first-order valence-corrected chi connectivity index (χ1v) is 9.67. The summed E-state index contributed by atoms with van der Waals surface area (Å²) in [5.74, 6) is 0.645. The van der Waals surface area contributed by atoms with Crippen LogP contribution in [-0.4, -0.2) is 48.2 Å². The molecule has 0 spiro atoms. The number of carbonyl (C=O) groups excluding carboxylic acids is 1. The normalized spacial score (nSPS) is 16.4. The second kappa shape index (κ2) is 11.5. The fraction of sp³-hybridized carbons (Fsp3) is 0.600. The van der Waals surface area contributed by atoms with Crippen LogP contribution in [-0.2, 0) is 6.54 Å². The molecule has 1 aliphatic rings. The van der Waals surface area contributed by atoms with Crippen LogP contribution in [0.5, 0.6) is 5.88 Å². The van der Waals surface area contributed by atoms with Crippen LogP contribution in [0.3, 0.4) is 0 Å². The Morgan fingerprint density at radius 2 is 2.15 bits per heavy atom. The highest BCUT2D eigenvalue weighted by atomic mass is 16.5. The van der Waals surface area contributed by atoms with Crippen LogP contribution in [0.2, 0.25) is 0 Å². The van der Waals surface area contributed by atoms with Gasteiger partial charge in [0.25, 0.3) is 0 Å². The smallest absolute Gasteiger partial charge is 0.315 e. The summed E-state index contributed by atoms with van der Waals surface area (Å²) in [6, 6.07) is 4.11. The lowest BCUT2D eigenvalue weighted by molar-refractivity contribution is 0.220. The molecular formula is C20H32N4O2. The Kier molecular flexibility index (Phi) is 8.96. The number of hydrogen-bond donors (Lipinski definition) is 2. The summed E-state index contributed by atoms with van der Waals surface area (Å²) in [7, 11) is 0. The third-order valence-corrected chi connectivity index (χ3v) is 4.52. The van der Waals surface area contributed by atoms with Crippen LogP contribution in [0.4, 0.5) is 4.79 Å². The van der Waals surface area contributed by atoms with Crippen LogP contribution in [0.1, 0.15) is 45.1 Å². The van der Waals surface area contributed by atoms with E-state index in [4.69, 9.17) is 4.74 Å². The standard InChI is InChI=1S/C20H32N4O2/c1-3-17(2)23-20(25)22-10-5-8-14-26-19-15-18(9-11-21-19)16-24-12-6-4-7-13-24/h5,8-9,11,15,17H,3-4,6-7,10,12-14,16H2,1-2H3,(H2,22,23,25)/b8-5-. The van der Waals surface area contributed by atoms with Crippen molar-refractivity contribution in [1.82, 2.24) is 20.5 Å². The monoisotopic (exact) mass is 360 g/mol. The summed E-state index contributed by atoms with van der Waals surface area (Å²) in [5.41, 5.74) is 1.24. The highest BCUT2D eigenvalue weighted by Crippen LogP contribution is 2.15. The fourth-order valence-electron chi connectivity index (χ4n) is 2.82. The molecule has 0 bridgehead atoms. The summed E-state index contributed by atoms with van der Waals surface area (Å²) < 4.78 is 5.68. The number of amides is 2. The van der Waals surface area contributed by atoms with Crippen LogP contribution >= 0.6 is 0 Å². The first-order chi connectivity index (χ1) is 12.7. The Hall–Kier alpha value is -2.08. The average molecular weight is 361 g/mol. The molecule has 1 unspecified atom stereocenters. The number of urea groups is 1. The summed E-state index contributed by atoms with van der Waals surface area (Å²) in [4.78, 5) is 18.3. The van der Waals surface area contributed by atoms with Crippen LogP contribution in [0.15, 0.2) is 30.5 Å². The zero-order valence-corrected chi connectivity index (χ0v) is 16.0. The Bertz CT molecular complexity index is 571. The molecule has 2 N–H and O–H groups in total. The van der Waals surface area contributed by atoms with E-state index in [0.717, 1.165) is 13.0 Å². The molecule has 1 atom stereocenters. The van der Waals surface area contributed by atoms with Gasteiger partial charge in [-0.3, -0.25) is 4.90 Å². The third kappa shape index (κ3) is 7.87. The second-order valence-corrected chi connectivity index (χ2v) is 6.79. The van der Waals surface area contributed by atoms with Gasteiger partial charge in [-0.15, -0.1) is 0 Å². The predicted octanol–water partition coefficient (Wildman–Crippen LogP) is 3.10. The van der Waals surface area contributed by atoms with Crippen molar-refractivity contribution in [2.45, 2.75) is 52.1 Å². The SMILES string of the molecule is CCC(C)NC(=O)NC/C=C\COc1cc(CN2CCCCC2)ccn1. The molecule has 0 aliphatic carbocycles. The largest absolute Gasteiger partial charge is 0.473 e. The van der Waals surface area contributed by atoms with E-state index in [1.165, 1.54) is 37.9 Å². The number of carbonyl (C=O) groups is 1. The van der Waals surface area contributed by atoms with Crippen LogP contribution in [0.25, 0.3) is 0 Å². The maximum absolute atomic E-state index is 11.6. The molecule has 1 aromatic rings. The molecule has 1 aromatic heterocycles. The van der Waals surface area contributed by atoms with Crippen molar-refractivity contribution in [2.24, 2.45) is 0 Å². The lowest BCUT2D eigenvalue weighted by Crippen LogP contribution is -2.40. The highest BCUT2D eigenvalue weighted by molar-refractivity contribution is 5.74. The van der Waals surface area contributed by atoms with Gasteiger partial charge < -0.3 is 15.4 Å². The van der Waals surface area contributed by atoms with Gasteiger partial charge in [0.15, 0.2) is 0 Å². The average Bonchev–Trinajstić information content (AvgIpc) is 2.65. The van der Waals surface area contributed by atoms with Crippen molar-refractivity contribution < 1.29 is 9.53 Å². The summed E-state index contributed by atoms with van der Waals surface area (Å²) in [6.07, 6.45) is 10.4. The molecule has 2 rings (SSSR count).